The van der Waals surface area contributed by atoms with Crippen molar-refractivity contribution in [3.63, 3.8) is 0 Å². The topological polar surface area (TPSA) is 20.2 Å². The molecule has 0 bridgehead atoms. The van der Waals surface area contributed by atoms with E-state index < -0.39 is 0 Å². The molecule has 0 aromatic rings. The molecule has 1 N–H and O–H groups in total. The minimum atomic E-state index is 0.0364. The minimum absolute atomic E-state index is 0.0364. The average Bonchev–Trinajstić information content (AvgIpc) is 2.04. The molecule has 2 fully saturated rings. The smallest absolute Gasteiger partial charge is 0.0543 e. The van der Waals surface area contributed by atoms with Gasteiger partial charge in [-0.1, -0.05) is 25.7 Å². The number of aliphatic hydroxyl groups excluding tert-OH is 1. The molecular formula is C10H18O. The van der Waals surface area contributed by atoms with Crippen LogP contribution in [0.4, 0.5) is 0 Å². The van der Waals surface area contributed by atoms with Crippen LogP contribution in [0.25, 0.3) is 0 Å². The molecule has 0 radical (unpaired) electrons. The molecule has 3 atom stereocenters. The molecule has 0 saturated heterocycles. The second kappa shape index (κ2) is 3.14. The van der Waals surface area contributed by atoms with Gasteiger partial charge in [0, 0.05) is 0 Å². The summed E-state index contributed by atoms with van der Waals surface area (Å²) in [6, 6.07) is 0. The summed E-state index contributed by atoms with van der Waals surface area (Å²) in [7, 11) is 0. The van der Waals surface area contributed by atoms with Crippen molar-refractivity contribution < 1.29 is 5.11 Å². The van der Waals surface area contributed by atoms with Crippen molar-refractivity contribution in [2.45, 2.75) is 51.0 Å². The quantitative estimate of drug-likeness (QED) is 0.568. The maximum atomic E-state index is 9.45. The van der Waals surface area contributed by atoms with Crippen LogP contribution < -0.4 is 0 Å². The lowest BCUT2D eigenvalue weighted by molar-refractivity contribution is 0.0491. The Bertz CT molecular complexity index is 133. The number of aliphatic hydroxyl groups is 1. The first-order chi connectivity index (χ1) is 5.36. The Kier molecular flexibility index (Phi) is 2.17. The normalized spacial score (nSPS) is 45.0. The van der Waals surface area contributed by atoms with Crippen molar-refractivity contribution in [3.8, 4) is 0 Å². The van der Waals surface area contributed by atoms with E-state index in [0.29, 0.717) is 0 Å². The van der Waals surface area contributed by atoms with Gasteiger partial charge in [-0.05, 0) is 31.1 Å². The lowest BCUT2D eigenvalue weighted by atomic mass is 9.70. The molecule has 0 aliphatic heterocycles. The van der Waals surface area contributed by atoms with E-state index in [4.69, 9.17) is 0 Å². The van der Waals surface area contributed by atoms with E-state index in [1.54, 1.807) is 0 Å². The SMILES string of the molecule is O[C@@H]1CC[C@H]2CCCCC2C1. The average molecular weight is 154 g/mol. The van der Waals surface area contributed by atoms with Crippen molar-refractivity contribution >= 4 is 0 Å². The summed E-state index contributed by atoms with van der Waals surface area (Å²) in [4.78, 5) is 0. The van der Waals surface area contributed by atoms with Crippen LogP contribution in [0.2, 0.25) is 0 Å². The molecule has 1 unspecified atom stereocenters. The molecule has 64 valence electrons. The molecule has 0 aromatic heterocycles. The molecule has 11 heavy (non-hydrogen) atoms. The van der Waals surface area contributed by atoms with Crippen molar-refractivity contribution in [1.29, 1.82) is 0 Å². The molecule has 0 aromatic carbocycles. The molecule has 2 rings (SSSR count). The van der Waals surface area contributed by atoms with Crippen LogP contribution in [0.5, 0.6) is 0 Å². The summed E-state index contributed by atoms with van der Waals surface area (Å²) in [6.07, 6.45) is 9.19. The zero-order valence-electron chi connectivity index (χ0n) is 7.13. The predicted octanol–water partition coefficient (Wildman–Crippen LogP) is 2.34. The fourth-order valence-electron chi connectivity index (χ4n) is 2.85. The van der Waals surface area contributed by atoms with E-state index in [2.05, 4.69) is 0 Å². The highest BCUT2D eigenvalue weighted by molar-refractivity contribution is 4.82. The van der Waals surface area contributed by atoms with E-state index in [9.17, 15) is 5.11 Å². The largest absolute Gasteiger partial charge is 0.393 e. The third-order valence-electron chi connectivity index (χ3n) is 3.51. The van der Waals surface area contributed by atoms with Gasteiger partial charge in [-0.2, -0.15) is 0 Å². The molecule has 2 saturated carbocycles. The molecule has 2 aliphatic carbocycles. The Hall–Kier alpha value is -0.0400. The molecule has 0 amide bonds. The highest BCUT2D eigenvalue weighted by atomic mass is 16.3. The summed E-state index contributed by atoms with van der Waals surface area (Å²) in [5.74, 6) is 1.86. The van der Waals surface area contributed by atoms with E-state index in [1.807, 2.05) is 0 Å². The Balaban J connectivity index is 1.93. The summed E-state index contributed by atoms with van der Waals surface area (Å²) in [5, 5.41) is 9.45. The highest BCUT2D eigenvalue weighted by Gasteiger charge is 2.30. The molecule has 1 heteroatoms. The molecule has 1 nitrogen and oxygen atoms in total. The van der Waals surface area contributed by atoms with Crippen LogP contribution in [-0.2, 0) is 0 Å². The van der Waals surface area contributed by atoms with Gasteiger partial charge >= 0.3 is 0 Å². The van der Waals surface area contributed by atoms with Crippen molar-refractivity contribution in [2.24, 2.45) is 11.8 Å². The van der Waals surface area contributed by atoms with Gasteiger partial charge in [0.15, 0.2) is 0 Å². The van der Waals surface area contributed by atoms with Crippen molar-refractivity contribution in [2.75, 3.05) is 0 Å². The third kappa shape index (κ3) is 1.58. The fourth-order valence-corrected chi connectivity index (χ4v) is 2.85. The summed E-state index contributed by atoms with van der Waals surface area (Å²) in [6.45, 7) is 0. The number of hydrogen-bond donors (Lipinski definition) is 1. The van der Waals surface area contributed by atoms with Gasteiger partial charge in [0.05, 0.1) is 6.10 Å². The van der Waals surface area contributed by atoms with E-state index in [-0.39, 0.29) is 6.10 Å². The second-order valence-electron chi connectivity index (χ2n) is 4.27. The molecular weight excluding hydrogens is 136 g/mol. The number of fused-ring (bicyclic) bond motifs is 1. The highest BCUT2D eigenvalue weighted by Crippen LogP contribution is 2.40. The van der Waals surface area contributed by atoms with Crippen molar-refractivity contribution in [3.05, 3.63) is 0 Å². The number of hydrogen-bond acceptors (Lipinski definition) is 1. The van der Waals surface area contributed by atoms with E-state index in [1.165, 1.54) is 32.1 Å². The van der Waals surface area contributed by atoms with E-state index in [0.717, 1.165) is 24.7 Å². The van der Waals surface area contributed by atoms with Crippen LogP contribution in [-0.4, -0.2) is 11.2 Å². The first kappa shape index (κ1) is 7.60. The lowest BCUT2D eigenvalue weighted by Gasteiger charge is -2.37. The zero-order valence-corrected chi connectivity index (χ0v) is 7.13. The molecule has 0 heterocycles. The summed E-state index contributed by atoms with van der Waals surface area (Å²) >= 11 is 0. The lowest BCUT2D eigenvalue weighted by Crippen LogP contribution is -2.29. The summed E-state index contributed by atoms with van der Waals surface area (Å²) < 4.78 is 0. The predicted molar refractivity (Wildman–Crippen MR) is 45.3 cm³/mol. The first-order valence-corrected chi connectivity index (χ1v) is 5.04. The second-order valence-corrected chi connectivity index (χ2v) is 4.27. The number of rotatable bonds is 0. The van der Waals surface area contributed by atoms with Gasteiger partial charge in [0.25, 0.3) is 0 Å². The van der Waals surface area contributed by atoms with Gasteiger partial charge in [0.2, 0.25) is 0 Å². The Morgan fingerprint density at radius 2 is 1.55 bits per heavy atom. The Morgan fingerprint density at radius 3 is 2.36 bits per heavy atom. The van der Waals surface area contributed by atoms with Gasteiger partial charge in [0.1, 0.15) is 0 Å². The van der Waals surface area contributed by atoms with Crippen LogP contribution in [0, 0.1) is 11.8 Å². The van der Waals surface area contributed by atoms with Crippen LogP contribution in [0.15, 0.2) is 0 Å². The fraction of sp³-hybridized carbons (Fsp3) is 1.00. The van der Waals surface area contributed by atoms with Crippen LogP contribution in [0.3, 0.4) is 0 Å². The van der Waals surface area contributed by atoms with Gasteiger partial charge in [-0.15, -0.1) is 0 Å². The van der Waals surface area contributed by atoms with Crippen molar-refractivity contribution in [1.82, 2.24) is 0 Å². The standard InChI is InChI=1S/C10H18O/c11-10-6-5-8-3-1-2-4-9(8)7-10/h8-11H,1-7H2/t8-,9?,10-/m1/s1. The van der Waals surface area contributed by atoms with Crippen LogP contribution in [0.1, 0.15) is 44.9 Å². The monoisotopic (exact) mass is 154 g/mol. The van der Waals surface area contributed by atoms with Gasteiger partial charge in [-0.3, -0.25) is 0 Å². The van der Waals surface area contributed by atoms with Gasteiger partial charge < -0.3 is 5.11 Å². The maximum absolute atomic E-state index is 9.45. The zero-order chi connectivity index (χ0) is 7.68. The van der Waals surface area contributed by atoms with E-state index >= 15 is 0 Å². The Labute approximate surface area is 68.8 Å². The minimum Gasteiger partial charge on any atom is -0.393 e. The molecule has 2 aliphatic rings. The third-order valence-corrected chi connectivity index (χ3v) is 3.51. The Morgan fingerprint density at radius 1 is 0.818 bits per heavy atom. The van der Waals surface area contributed by atoms with Gasteiger partial charge in [-0.25, -0.2) is 0 Å². The first-order valence-electron chi connectivity index (χ1n) is 5.04. The maximum Gasteiger partial charge on any atom is 0.0543 e. The van der Waals surface area contributed by atoms with Crippen LogP contribution >= 0.6 is 0 Å². The summed E-state index contributed by atoms with van der Waals surface area (Å²) in [5.41, 5.74) is 0. The molecule has 0 spiro atoms.